The van der Waals surface area contributed by atoms with Crippen molar-refractivity contribution in [2.45, 2.75) is 6.54 Å². The minimum Gasteiger partial charge on any atom is -0.443 e. The number of fused-ring (bicyclic) bond motifs is 1. The molecule has 3 aromatic rings. The van der Waals surface area contributed by atoms with Crippen molar-refractivity contribution in [3.63, 3.8) is 0 Å². The zero-order valence-corrected chi connectivity index (χ0v) is 10.6. The zero-order valence-electron chi connectivity index (χ0n) is 10.6. The first kappa shape index (κ1) is 12.1. The van der Waals surface area contributed by atoms with Crippen molar-refractivity contribution in [3.05, 3.63) is 53.9 Å². The highest BCUT2D eigenvalue weighted by Crippen LogP contribution is 2.21. The first-order valence-electron chi connectivity index (χ1n) is 6.12. The predicted octanol–water partition coefficient (Wildman–Crippen LogP) is 2.89. The van der Waals surface area contributed by atoms with E-state index >= 15 is 0 Å². The maximum Gasteiger partial charge on any atom is 0.181 e. The second-order valence-electron chi connectivity index (χ2n) is 4.42. The van der Waals surface area contributed by atoms with Crippen LogP contribution in [0.1, 0.15) is 11.1 Å². The van der Waals surface area contributed by atoms with Gasteiger partial charge in [0, 0.05) is 6.54 Å². The highest BCUT2D eigenvalue weighted by atomic mass is 16.3. The molecular weight excluding hydrogens is 252 g/mol. The molecule has 20 heavy (non-hydrogen) atoms. The van der Waals surface area contributed by atoms with Crippen LogP contribution in [0.2, 0.25) is 0 Å². The summed E-state index contributed by atoms with van der Waals surface area (Å²) in [5.74, 6) is 0. The van der Waals surface area contributed by atoms with E-state index in [1.165, 1.54) is 6.39 Å². The van der Waals surface area contributed by atoms with Gasteiger partial charge in [-0.25, -0.2) is 4.98 Å². The molecule has 0 amide bonds. The molecule has 0 radical (unpaired) electrons. The lowest BCUT2D eigenvalue weighted by Crippen LogP contribution is -2.02. The topological polar surface area (TPSA) is 87.9 Å². The smallest absolute Gasteiger partial charge is 0.181 e. The minimum atomic E-state index is 0.552. The molecule has 3 N–H and O–H groups in total. The van der Waals surface area contributed by atoms with Crippen LogP contribution in [0.15, 0.2) is 47.2 Å². The summed E-state index contributed by atoms with van der Waals surface area (Å²) in [6, 6.07) is 13.1. The van der Waals surface area contributed by atoms with Gasteiger partial charge in [-0.3, -0.25) is 0 Å². The van der Waals surface area contributed by atoms with Gasteiger partial charge in [-0.2, -0.15) is 5.26 Å². The van der Waals surface area contributed by atoms with Crippen molar-refractivity contribution in [2.24, 2.45) is 0 Å². The van der Waals surface area contributed by atoms with E-state index in [0.717, 1.165) is 22.4 Å². The third-order valence-corrected chi connectivity index (χ3v) is 3.06. The highest BCUT2D eigenvalue weighted by Gasteiger charge is 2.03. The number of nitriles is 1. The Labute approximate surface area is 115 Å². The summed E-state index contributed by atoms with van der Waals surface area (Å²) in [5, 5.41) is 12.0. The Bertz CT molecular complexity index is 801. The lowest BCUT2D eigenvalue weighted by molar-refractivity contribution is 0.602. The number of oxazole rings is 1. The molecule has 0 bridgehead atoms. The predicted molar refractivity (Wildman–Crippen MR) is 76.9 cm³/mol. The highest BCUT2D eigenvalue weighted by molar-refractivity contribution is 5.73. The molecule has 0 unspecified atom stereocenters. The number of rotatable bonds is 3. The molecule has 0 saturated heterocycles. The van der Waals surface area contributed by atoms with E-state index in [1.807, 2.05) is 18.2 Å². The van der Waals surface area contributed by atoms with E-state index in [2.05, 4.69) is 16.4 Å². The summed E-state index contributed by atoms with van der Waals surface area (Å²) < 4.78 is 5.26. The van der Waals surface area contributed by atoms with Crippen molar-refractivity contribution in [2.75, 3.05) is 11.1 Å². The number of nitrogens with one attached hydrogen (secondary N) is 1. The normalized spacial score (nSPS) is 10.3. The Hall–Kier alpha value is -3.00. The van der Waals surface area contributed by atoms with Crippen LogP contribution in [0.25, 0.3) is 11.1 Å². The second kappa shape index (κ2) is 4.94. The lowest BCUT2D eigenvalue weighted by Gasteiger charge is -2.09. The zero-order chi connectivity index (χ0) is 13.9. The SMILES string of the molecule is N#Cc1ccc(NCc2ccc3ncoc3c2)c(N)c1. The average Bonchev–Trinajstić information content (AvgIpc) is 2.93. The van der Waals surface area contributed by atoms with Crippen LogP contribution in [-0.2, 0) is 6.54 Å². The van der Waals surface area contributed by atoms with Gasteiger partial charge in [0.05, 0.1) is 23.0 Å². The fourth-order valence-corrected chi connectivity index (χ4v) is 2.00. The van der Waals surface area contributed by atoms with Gasteiger partial charge < -0.3 is 15.5 Å². The van der Waals surface area contributed by atoms with Crippen LogP contribution in [0.4, 0.5) is 11.4 Å². The van der Waals surface area contributed by atoms with Gasteiger partial charge in [0.25, 0.3) is 0 Å². The molecule has 0 spiro atoms. The van der Waals surface area contributed by atoms with Crippen LogP contribution in [0.3, 0.4) is 0 Å². The van der Waals surface area contributed by atoms with Crippen LogP contribution >= 0.6 is 0 Å². The maximum atomic E-state index is 8.80. The van der Waals surface area contributed by atoms with E-state index in [4.69, 9.17) is 15.4 Å². The molecule has 0 aliphatic carbocycles. The lowest BCUT2D eigenvalue weighted by atomic mass is 10.1. The van der Waals surface area contributed by atoms with Crippen molar-refractivity contribution < 1.29 is 4.42 Å². The summed E-state index contributed by atoms with van der Waals surface area (Å²) in [6.07, 6.45) is 1.43. The summed E-state index contributed by atoms with van der Waals surface area (Å²) in [5.41, 5.74) is 10.5. The Morgan fingerprint density at radius 1 is 1.25 bits per heavy atom. The standard InChI is InChI=1S/C15H12N4O/c16-7-10-1-3-13(12(17)5-10)18-8-11-2-4-14-15(6-11)20-9-19-14/h1-6,9,18H,8,17H2. The van der Waals surface area contributed by atoms with Gasteiger partial charge >= 0.3 is 0 Å². The molecule has 0 atom stereocenters. The second-order valence-corrected chi connectivity index (χ2v) is 4.42. The maximum absolute atomic E-state index is 8.80. The number of nitrogen functional groups attached to an aromatic ring is 1. The first-order chi connectivity index (χ1) is 9.76. The third kappa shape index (κ3) is 2.27. The average molecular weight is 264 g/mol. The van der Waals surface area contributed by atoms with Crippen molar-refractivity contribution in [3.8, 4) is 6.07 Å². The number of anilines is 2. The molecular formula is C15H12N4O. The molecule has 0 fully saturated rings. The Morgan fingerprint density at radius 2 is 2.15 bits per heavy atom. The Balaban J connectivity index is 1.77. The molecule has 0 saturated carbocycles. The monoisotopic (exact) mass is 264 g/mol. The molecule has 98 valence electrons. The molecule has 5 heteroatoms. The number of nitrogens with two attached hydrogens (primary N) is 1. The molecule has 0 aliphatic rings. The summed E-state index contributed by atoms with van der Waals surface area (Å²) in [6.45, 7) is 0.618. The first-order valence-corrected chi connectivity index (χ1v) is 6.12. The number of aromatic nitrogens is 1. The largest absolute Gasteiger partial charge is 0.443 e. The van der Waals surface area contributed by atoms with Crippen molar-refractivity contribution >= 4 is 22.5 Å². The van der Waals surface area contributed by atoms with Gasteiger partial charge in [-0.05, 0) is 35.9 Å². The van der Waals surface area contributed by atoms with Crippen LogP contribution in [0, 0.1) is 11.3 Å². The number of hydrogen-bond donors (Lipinski definition) is 2. The molecule has 1 aromatic heterocycles. The fraction of sp³-hybridized carbons (Fsp3) is 0.0667. The third-order valence-electron chi connectivity index (χ3n) is 3.06. The molecule has 1 heterocycles. The molecule has 5 nitrogen and oxygen atoms in total. The Morgan fingerprint density at radius 3 is 2.95 bits per heavy atom. The molecule has 3 rings (SSSR count). The van der Waals surface area contributed by atoms with E-state index in [1.54, 1.807) is 18.2 Å². The number of hydrogen-bond acceptors (Lipinski definition) is 5. The quantitative estimate of drug-likeness (QED) is 0.710. The van der Waals surface area contributed by atoms with Crippen LogP contribution in [-0.4, -0.2) is 4.98 Å². The minimum absolute atomic E-state index is 0.552. The van der Waals surface area contributed by atoms with Gasteiger partial charge in [-0.1, -0.05) is 6.07 Å². The van der Waals surface area contributed by atoms with E-state index < -0.39 is 0 Å². The van der Waals surface area contributed by atoms with Crippen molar-refractivity contribution in [1.29, 1.82) is 5.26 Å². The number of nitrogens with zero attached hydrogens (tertiary/aromatic N) is 2. The van der Waals surface area contributed by atoms with Crippen LogP contribution < -0.4 is 11.1 Å². The molecule has 0 aliphatic heterocycles. The van der Waals surface area contributed by atoms with E-state index in [-0.39, 0.29) is 0 Å². The number of benzene rings is 2. The summed E-state index contributed by atoms with van der Waals surface area (Å²) in [4.78, 5) is 4.07. The van der Waals surface area contributed by atoms with Gasteiger partial charge in [-0.15, -0.1) is 0 Å². The Kier molecular flexibility index (Phi) is 2.98. The van der Waals surface area contributed by atoms with E-state index in [0.29, 0.717) is 17.8 Å². The van der Waals surface area contributed by atoms with Gasteiger partial charge in [0.15, 0.2) is 12.0 Å². The molecule has 2 aromatic carbocycles. The summed E-state index contributed by atoms with van der Waals surface area (Å²) >= 11 is 0. The van der Waals surface area contributed by atoms with Crippen molar-refractivity contribution in [1.82, 2.24) is 4.98 Å². The summed E-state index contributed by atoms with van der Waals surface area (Å²) in [7, 11) is 0. The van der Waals surface area contributed by atoms with Crippen LogP contribution in [0.5, 0.6) is 0 Å². The van der Waals surface area contributed by atoms with Gasteiger partial charge in [0.1, 0.15) is 5.52 Å². The van der Waals surface area contributed by atoms with Gasteiger partial charge in [0.2, 0.25) is 0 Å². The van der Waals surface area contributed by atoms with E-state index in [9.17, 15) is 0 Å². The fourth-order valence-electron chi connectivity index (χ4n) is 2.00.